The molecule has 0 aromatic rings. The van der Waals surface area contributed by atoms with Crippen LogP contribution in [0.3, 0.4) is 0 Å². The van der Waals surface area contributed by atoms with E-state index in [0.717, 1.165) is 24.8 Å². The molecule has 0 radical (unpaired) electrons. The van der Waals surface area contributed by atoms with Gasteiger partial charge in [-0.05, 0) is 88.8 Å². The minimum absolute atomic E-state index is 0.188. The third-order valence-electron chi connectivity index (χ3n) is 8.16. The van der Waals surface area contributed by atoms with Crippen LogP contribution >= 0.6 is 0 Å². The number of nitrogens with one attached hydrogen (secondary N) is 1. The van der Waals surface area contributed by atoms with Gasteiger partial charge in [-0.1, -0.05) is 19.3 Å². The summed E-state index contributed by atoms with van der Waals surface area (Å²) in [6, 6.07) is 1.08. The van der Waals surface area contributed by atoms with Gasteiger partial charge in [0.1, 0.15) is 0 Å². The number of hydrogen-bond donors (Lipinski definition) is 2. The molecule has 2 saturated carbocycles. The molecule has 4 fully saturated rings. The number of amides is 1. The first-order valence-electron chi connectivity index (χ1n) is 11.6. The second-order valence-corrected chi connectivity index (χ2v) is 9.98. The third kappa shape index (κ3) is 4.97. The summed E-state index contributed by atoms with van der Waals surface area (Å²) in [5.41, 5.74) is 0.604. The van der Waals surface area contributed by atoms with Gasteiger partial charge in [-0.2, -0.15) is 0 Å². The zero-order chi connectivity index (χ0) is 18.7. The smallest absolute Gasteiger partial charge is 0.404 e. The molecule has 2 saturated heterocycles. The van der Waals surface area contributed by atoms with E-state index in [1.54, 1.807) is 0 Å². The summed E-state index contributed by atoms with van der Waals surface area (Å²) in [5, 5.41) is 11.6. The van der Waals surface area contributed by atoms with Crippen molar-refractivity contribution in [1.29, 1.82) is 0 Å². The lowest BCUT2D eigenvalue weighted by atomic mass is 9.77. The quantitative estimate of drug-likeness (QED) is 0.779. The summed E-state index contributed by atoms with van der Waals surface area (Å²) in [5.74, 6) is 0.773. The highest BCUT2D eigenvalue weighted by molar-refractivity contribution is 5.64. The summed E-state index contributed by atoms with van der Waals surface area (Å²) >= 11 is 0. The molecule has 1 amide bonds. The fourth-order valence-corrected chi connectivity index (χ4v) is 6.43. The molecule has 0 bridgehead atoms. The van der Waals surface area contributed by atoms with Gasteiger partial charge in [0, 0.05) is 25.2 Å². The van der Waals surface area contributed by atoms with Crippen LogP contribution in [0.1, 0.15) is 77.0 Å². The highest BCUT2D eigenvalue weighted by Gasteiger charge is 2.42. The van der Waals surface area contributed by atoms with E-state index in [1.807, 2.05) is 0 Å². The van der Waals surface area contributed by atoms with Crippen LogP contribution in [0.5, 0.6) is 0 Å². The maximum Gasteiger partial charge on any atom is 0.404 e. The summed E-state index contributed by atoms with van der Waals surface area (Å²) < 4.78 is 0. The average Bonchev–Trinajstić information content (AvgIpc) is 3.06. The minimum atomic E-state index is -0.862. The van der Waals surface area contributed by atoms with Gasteiger partial charge in [0.2, 0.25) is 0 Å². The Morgan fingerprint density at radius 2 is 1.59 bits per heavy atom. The Morgan fingerprint density at radius 3 is 2.26 bits per heavy atom. The maximum absolute atomic E-state index is 10.8. The first-order valence-corrected chi connectivity index (χ1v) is 11.6. The van der Waals surface area contributed by atoms with Crippen LogP contribution in [-0.4, -0.2) is 65.8 Å². The summed E-state index contributed by atoms with van der Waals surface area (Å²) in [6.07, 6.45) is 15.0. The van der Waals surface area contributed by atoms with Crippen molar-refractivity contribution in [2.45, 2.75) is 89.1 Å². The molecule has 5 heteroatoms. The molecule has 5 nitrogen and oxygen atoms in total. The van der Waals surface area contributed by atoms with Crippen molar-refractivity contribution >= 4 is 6.09 Å². The van der Waals surface area contributed by atoms with E-state index >= 15 is 0 Å². The second kappa shape index (κ2) is 8.69. The summed E-state index contributed by atoms with van der Waals surface area (Å²) in [7, 11) is 0. The maximum atomic E-state index is 10.8. The largest absolute Gasteiger partial charge is 0.465 e. The monoisotopic (exact) mass is 377 g/mol. The first-order chi connectivity index (χ1) is 13.1. The molecular formula is C22H39N3O2. The third-order valence-corrected chi connectivity index (χ3v) is 8.16. The number of hydrogen-bond acceptors (Lipinski definition) is 3. The molecule has 154 valence electrons. The van der Waals surface area contributed by atoms with E-state index in [-0.39, 0.29) is 6.04 Å². The van der Waals surface area contributed by atoms with E-state index < -0.39 is 6.09 Å². The molecule has 4 aliphatic rings. The Bertz CT molecular complexity index is 490. The van der Waals surface area contributed by atoms with Gasteiger partial charge in [-0.3, -0.25) is 0 Å². The van der Waals surface area contributed by atoms with Crippen LogP contribution in [0.4, 0.5) is 4.79 Å². The van der Waals surface area contributed by atoms with Crippen molar-refractivity contribution in [3.63, 3.8) is 0 Å². The van der Waals surface area contributed by atoms with Crippen LogP contribution < -0.4 is 5.32 Å². The Morgan fingerprint density at radius 1 is 0.926 bits per heavy atom. The lowest BCUT2D eigenvalue weighted by Gasteiger charge is -2.44. The van der Waals surface area contributed by atoms with Gasteiger partial charge in [0.15, 0.2) is 0 Å². The van der Waals surface area contributed by atoms with E-state index in [9.17, 15) is 4.79 Å². The van der Waals surface area contributed by atoms with E-state index in [2.05, 4.69) is 15.1 Å². The second-order valence-electron chi connectivity index (χ2n) is 9.98. The molecule has 2 aliphatic carbocycles. The number of piperidine rings is 1. The highest BCUT2D eigenvalue weighted by atomic mass is 16.4. The van der Waals surface area contributed by atoms with Gasteiger partial charge in [0.25, 0.3) is 0 Å². The Labute approximate surface area is 164 Å². The normalized spacial score (nSPS) is 33.3. The lowest BCUT2D eigenvalue weighted by Crippen LogP contribution is -2.47. The zero-order valence-electron chi connectivity index (χ0n) is 17.0. The predicted octanol–water partition coefficient (Wildman–Crippen LogP) is 3.93. The molecule has 0 aromatic carbocycles. The van der Waals surface area contributed by atoms with Gasteiger partial charge < -0.3 is 20.2 Å². The molecule has 27 heavy (non-hydrogen) atoms. The predicted molar refractivity (Wildman–Crippen MR) is 108 cm³/mol. The molecule has 2 aliphatic heterocycles. The Kier molecular flexibility index (Phi) is 6.28. The van der Waals surface area contributed by atoms with Gasteiger partial charge >= 0.3 is 6.09 Å². The molecule has 2 N–H and O–H groups in total. The topological polar surface area (TPSA) is 55.8 Å². The average molecular weight is 378 g/mol. The molecule has 0 unspecified atom stereocenters. The van der Waals surface area contributed by atoms with Crippen molar-refractivity contribution in [1.82, 2.24) is 15.1 Å². The van der Waals surface area contributed by atoms with Crippen LogP contribution in [0.15, 0.2) is 0 Å². The summed E-state index contributed by atoms with van der Waals surface area (Å²) in [4.78, 5) is 16.4. The van der Waals surface area contributed by atoms with Crippen molar-refractivity contribution in [3.8, 4) is 0 Å². The fraction of sp³-hybridized carbons (Fsp3) is 0.955. The van der Waals surface area contributed by atoms with Crippen molar-refractivity contribution in [2.24, 2.45) is 11.3 Å². The van der Waals surface area contributed by atoms with Gasteiger partial charge in [-0.25, -0.2) is 4.79 Å². The SMILES string of the molecule is O=C(O)NC1CCC(CN2CCC3(CCN(C4CCCCC4)CC3)C2)CC1. The fourth-order valence-electron chi connectivity index (χ4n) is 6.43. The molecule has 4 rings (SSSR count). The highest BCUT2D eigenvalue weighted by Crippen LogP contribution is 2.42. The zero-order valence-corrected chi connectivity index (χ0v) is 17.0. The van der Waals surface area contributed by atoms with E-state index in [4.69, 9.17) is 5.11 Å². The van der Waals surface area contributed by atoms with Crippen molar-refractivity contribution < 1.29 is 9.90 Å². The number of carbonyl (C=O) groups is 1. The minimum Gasteiger partial charge on any atom is -0.465 e. The number of rotatable bonds is 4. The number of carboxylic acid groups (broad SMARTS) is 1. The first kappa shape index (κ1) is 19.5. The van der Waals surface area contributed by atoms with Crippen LogP contribution in [0, 0.1) is 11.3 Å². The van der Waals surface area contributed by atoms with E-state index in [1.165, 1.54) is 96.9 Å². The molecule has 0 atom stereocenters. The van der Waals surface area contributed by atoms with Crippen LogP contribution in [0.2, 0.25) is 0 Å². The molecular weight excluding hydrogens is 338 g/mol. The molecule has 2 heterocycles. The number of likely N-dealkylation sites (tertiary alicyclic amines) is 2. The van der Waals surface area contributed by atoms with Crippen LogP contribution in [-0.2, 0) is 0 Å². The Hall–Kier alpha value is -0.810. The summed E-state index contributed by atoms with van der Waals surface area (Å²) in [6.45, 7) is 6.53. The molecule has 1 spiro atoms. The standard InChI is InChI=1S/C22H39N3O2/c26-21(27)23-19-8-6-18(7-9-19)16-24-13-10-22(17-24)11-14-25(15-12-22)20-4-2-1-3-5-20/h18-20,23H,1-17H2,(H,26,27). The van der Waals surface area contributed by atoms with Crippen molar-refractivity contribution in [2.75, 3.05) is 32.7 Å². The lowest BCUT2D eigenvalue weighted by molar-refractivity contribution is 0.0602. The van der Waals surface area contributed by atoms with Gasteiger partial charge in [-0.15, -0.1) is 0 Å². The van der Waals surface area contributed by atoms with Gasteiger partial charge in [0.05, 0.1) is 0 Å². The number of nitrogens with zero attached hydrogens (tertiary/aromatic N) is 2. The van der Waals surface area contributed by atoms with E-state index in [0.29, 0.717) is 5.41 Å². The Balaban J connectivity index is 1.19. The van der Waals surface area contributed by atoms with Crippen molar-refractivity contribution in [3.05, 3.63) is 0 Å². The van der Waals surface area contributed by atoms with Crippen LogP contribution in [0.25, 0.3) is 0 Å². The molecule has 0 aromatic heterocycles.